The highest BCUT2D eigenvalue weighted by molar-refractivity contribution is 7.19. The van der Waals surface area contributed by atoms with E-state index in [2.05, 4.69) is 10.3 Å². The fourth-order valence-corrected chi connectivity index (χ4v) is 3.08. The Bertz CT molecular complexity index is 627. The van der Waals surface area contributed by atoms with Gasteiger partial charge in [0, 0.05) is 33.0 Å². The van der Waals surface area contributed by atoms with Crippen LogP contribution >= 0.6 is 11.3 Å². The Morgan fingerprint density at radius 2 is 2.33 bits per heavy atom. The van der Waals surface area contributed by atoms with Crippen LogP contribution in [0.15, 0.2) is 24.5 Å². The van der Waals surface area contributed by atoms with E-state index in [1.807, 2.05) is 24.1 Å². The molecule has 0 aliphatic rings. The first-order valence-corrected chi connectivity index (χ1v) is 7.18. The van der Waals surface area contributed by atoms with Gasteiger partial charge in [-0.3, -0.25) is 9.78 Å². The van der Waals surface area contributed by atoms with Crippen molar-refractivity contribution in [3.05, 3.63) is 35.0 Å². The second-order valence-electron chi connectivity index (χ2n) is 4.48. The molecule has 0 aliphatic heterocycles. The molecule has 112 valence electrons. The minimum atomic E-state index is -0.211. The minimum absolute atomic E-state index is 0.211. The first-order chi connectivity index (χ1) is 10.1. The van der Waals surface area contributed by atoms with Crippen LogP contribution in [0.1, 0.15) is 15.2 Å². The summed E-state index contributed by atoms with van der Waals surface area (Å²) in [6.07, 6.45) is 3.54. The van der Waals surface area contributed by atoms with Crippen LogP contribution in [0.3, 0.4) is 0 Å². The number of anilines is 2. The number of aromatic nitrogens is 1. The lowest BCUT2D eigenvalue weighted by molar-refractivity contribution is 0.0967. The van der Waals surface area contributed by atoms with E-state index in [0.29, 0.717) is 22.9 Å². The van der Waals surface area contributed by atoms with Crippen molar-refractivity contribution in [1.82, 2.24) is 10.3 Å². The zero-order chi connectivity index (χ0) is 15.4. The normalized spacial score (nSPS) is 10.2. The number of carbonyl (C=O) groups is 1. The Balaban J connectivity index is 2.32. The number of methoxy groups -OCH3 is 1. The van der Waals surface area contributed by atoms with Gasteiger partial charge in [-0.1, -0.05) is 6.07 Å². The number of nitrogen functional groups attached to an aromatic ring is 1. The van der Waals surface area contributed by atoms with Crippen LogP contribution < -0.4 is 20.7 Å². The molecule has 0 fully saturated rings. The standard InChI is InChI=1S/C14H18N4O2S/c1-16-13(19)12-10(15)11(20-3)14(21-12)18(2)8-9-5-4-6-17-7-9/h4-7H,8,15H2,1-3H3,(H,16,19). The van der Waals surface area contributed by atoms with Crippen LogP contribution in [-0.4, -0.2) is 32.1 Å². The lowest BCUT2D eigenvalue weighted by Crippen LogP contribution is -2.17. The summed E-state index contributed by atoms with van der Waals surface area (Å²) in [6.45, 7) is 0.650. The van der Waals surface area contributed by atoms with Gasteiger partial charge >= 0.3 is 0 Å². The Kier molecular flexibility index (Phi) is 4.64. The summed E-state index contributed by atoms with van der Waals surface area (Å²) in [5.74, 6) is 0.321. The molecule has 1 amide bonds. The fourth-order valence-electron chi connectivity index (χ4n) is 1.98. The second kappa shape index (κ2) is 6.45. The quantitative estimate of drug-likeness (QED) is 0.879. The molecule has 2 aromatic heterocycles. The Hall–Kier alpha value is -2.28. The Morgan fingerprint density at radius 1 is 1.57 bits per heavy atom. The van der Waals surface area contributed by atoms with Gasteiger partial charge < -0.3 is 20.7 Å². The highest BCUT2D eigenvalue weighted by Crippen LogP contribution is 2.44. The van der Waals surface area contributed by atoms with E-state index in [0.717, 1.165) is 10.6 Å². The number of nitrogens with zero attached hydrogens (tertiary/aromatic N) is 2. The van der Waals surface area contributed by atoms with Gasteiger partial charge in [0.2, 0.25) is 0 Å². The molecular weight excluding hydrogens is 288 g/mol. The van der Waals surface area contributed by atoms with Crippen LogP contribution in [0.4, 0.5) is 10.7 Å². The van der Waals surface area contributed by atoms with Gasteiger partial charge in [0.05, 0.1) is 7.11 Å². The molecule has 6 nitrogen and oxygen atoms in total. The molecule has 0 atom stereocenters. The van der Waals surface area contributed by atoms with Crippen LogP contribution in [0.5, 0.6) is 5.75 Å². The molecule has 2 aromatic rings. The van der Waals surface area contributed by atoms with Crippen molar-refractivity contribution < 1.29 is 9.53 Å². The number of ether oxygens (including phenoxy) is 1. The molecular formula is C14H18N4O2S. The summed E-state index contributed by atoms with van der Waals surface area (Å²) >= 11 is 1.31. The summed E-state index contributed by atoms with van der Waals surface area (Å²) < 4.78 is 5.36. The Labute approximate surface area is 127 Å². The van der Waals surface area contributed by atoms with E-state index in [1.165, 1.54) is 11.3 Å². The first-order valence-electron chi connectivity index (χ1n) is 6.36. The first kappa shape index (κ1) is 15.1. The van der Waals surface area contributed by atoms with Gasteiger partial charge in [-0.05, 0) is 11.6 Å². The van der Waals surface area contributed by atoms with Gasteiger partial charge in [0.25, 0.3) is 5.91 Å². The third-order valence-corrected chi connectivity index (χ3v) is 4.31. The van der Waals surface area contributed by atoms with E-state index in [-0.39, 0.29) is 5.91 Å². The SMILES string of the molecule is CNC(=O)c1sc(N(C)Cc2cccnc2)c(OC)c1N. The van der Waals surface area contributed by atoms with Gasteiger partial charge in [0.1, 0.15) is 15.6 Å². The van der Waals surface area contributed by atoms with E-state index in [1.54, 1.807) is 26.6 Å². The highest BCUT2D eigenvalue weighted by atomic mass is 32.1. The van der Waals surface area contributed by atoms with Crippen molar-refractivity contribution >= 4 is 27.9 Å². The van der Waals surface area contributed by atoms with Crippen LogP contribution in [0.25, 0.3) is 0 Å². The molecule has 0 aliphatic carbocycles. The molecule has 0 aromatic carbocycles. The third kappa shape index (κ3) is 3.08. The molecule has 0 spiro atoms. The summed E-state index contributed by atoms with van der Waals surface area (Å²) in [4.78, 5) is 18.4. The van der Waals surface area contributed by atoms with Gasteiger partial charge in [0.15, 0.2) is 5.75 Å². The molecule has 0 bridgehead atoms. The van der Waals surface area contributed by atoms with Crippen LogP contribution in [-0.2, 0) is 6.54 Å². The number of thiophene rings is 1. The molecule has 2 heterocycles. The van der Waals surface area contributed by atoms with Crippen molar-refractivity contribution in [2.75, 3.05) is 31.8 Å². The maximum atomic E-state index is 11.8. The number of hydrogen-bond donors (Lipinski definition) is 2. The average Bonchev–Trinajstić information content (AvgIpc) is 2.84. The third-order valence-electron chi connectivity index (χ3n) is 3.01. The average molecular weight is 306 g/mol. The highest BCUT2D eigenvalue weighted by Gasteiger charge is 2.23. The molecule has 3 N–H and O–H groups in total. The van der Waals surface area contributed by atoms with Crippen molar-refractivity contribution in [3.8, 4) is 5.75 Å². The summed E-state index contributed by atoms with van der Waals surface area (Å²) in [5, 5.41) is 3.40. The predicted molar refractivity (Wildman–Crippen MR) is 85.0 cm³/mol. The van der Waals surface area contributed by atoms with E-state index in [4.69, 9.17) is 10.5 Å². The molecule has 0 saturated carbocycles. The molecule has 21 heavy (non-hydrogen) atoms. The van der Waals surface area contributed by atoms with E-state index >= 15 is 0 Å². The largest absolute Gasteiger partial charge is 0.492 e. The molecule has 2 rings (SSSR count). The number of rotatable bonds is 5. The van der Waals surface area contributed by atoms with Crippen LogP contribution in [0.2, 0.25) is 0 Å². The lowest BCUT2D eigenvalue weighted by atomic mass is 10.2. The van der Waals surface area contributed by atoms with Crippen molar-refractivity contribution in [2.24, 2.45) is 0 Å². The van der Waals surface area contributed by atoms with Gasteiger partial charge in [-0.25, -0.2) is 0 Å². The second-order valence-corrected chi connectivity index (χ2v) is 5.48. The lowest BCUT2D eigenvalue weighted by Gasteiger charge is -2.18. The van der Waals surface area contributed by atoms with Crippen molar-refractivity contribution in [1.29, 1.82) is 0 Å². The van der Waals surface area contributed by atoms with Gasteiger partial charge in [-0.2, -0.15) is 0 Å². The van der Waals surface area contributed by atoms with E-state index < -0.39 is 0 Å². The van der Waals surface area contributed by atoms with Crippen LogP contribution in [0, 0.1) is 0 Å². The summed E-state index contributed by atoms with van der Waals surface area (Å²) in [6, 6.07) is 3.88. The molecule has 0 saturated heterocycles. The number of pyridine rings is 1. The topological polar surface area (TPSA) is 80.5 Å². The predicted octanol–water partition coefficient (Wildman–Crippen LogP) is 1.73. The molecule has 0 unspecified atom stereocenters. The number of carbonyl (C=O) groups excluding carboxylic acids is 1. The van der Waals surface area contributed by atoms with E-state index in [9.17, 15) is 4.79 Å². The zero-order valence-corrected chi connectivity index (χ0v) is 13.0. The summed E-state index contributed by atoms with van der Waals surface area (Å²) in [5.41, 5.74) is 7.44. The molecule has 0 radical (unpaired) electrons. The molecule has 7 heteroatoms. The Morgan fingerprint density at radius 3 is 2.90 bits per heavy atom. The summed E-state index contributed by atoms with van der Waals surface area (Å²) in [7, 11) is 5.05. The number of nitrogens with one attached hydrogen (secondary N) is 1. The number of amides is 1. The maximum Gasteiger partial charge on any atom is 0.263 e. The number of nitrogens with two attached hydrogens (primary N) is 1. The minimum Gasteiger partial charge on any atom is -0.492 e. The van der Waals surface area contributed by atoms with Crippen molar-refractivity contribution in [3.63, 3.8) is 0 Å². The van der Waals surface area contributed by atoms with Crippen molar-refractivity contribution in [2.45, 2.75) is 6.54 Å². The maximum absolute atomic E-state index is 11.8. The van der Waals surface area contributed by atoms with Gasteiger partial charge in [-0.15, -0.1) is 11.3 Å². The fraction of sp³-hybridized carbons (Fsp3) is 0.286. The smallest absolute Gasteiger partial charge is 0.263 e. The monoisotopic (exact) mass is 306 g/mol. The zero-order valence-electron chi connectivity index (χ0n) is 12.2. The number of hydrogen-bond acceptors (Lipinski definition) is 6.